The summed E-state index contributed by atoms with van der Waals surface area (Å²) in [6.45, 7) is 1.67. The zero-order valence-electron chi connectivity index (χ0n) is 10.7. The summed E-state index contributed by atoms with van der Waals surface area (Å²) in [5.74, 6) is -2.60. The quantitative estimate of drug-likeness (QED) is 0.887. The van der Waals surface area contributed by atoms with Crippen molar-refractivity contribution in [1.82, 2.24) is 4.90 Å². The summed E-state index contributed by atoms with van der Waals surface area (Å²) in [7, 11) is 0. The van der Waals surface area contributed by atoms with Crippen molar-refractivity contribution in [1.29, 1.82) is 0 Å². The van der Waals surface area contributed by atoms with Gasteiger partial charge in [-0.1, -0.05) is 19.1 Å². The Hall–Kier alpha value is -1.91. The van der Waals surface area contributed by atoms with E-state index in [1.165, 1.54) is 23.1 Å². The molecule has 1 aliphatic rings. The maximum Gasteiger partial charge on any atom is 0.308 e. The molecular weight excluding hydrogens is 249 g/mol. The molecule has 1 aromatic carbocycles. The molecule has 0 radical (unpaired) electrons. The van der Waals surface area contributed by atoms with Crippen LogP contribution >= 0.6 is 0 Å². The first-order chi connectivity index (χ1) is 9.00. The molecule has 1 saturated carbocycles. The van der Waals surface area contributed by atoms with Crippen molar-refractivity contribution in [2.24, 2.45) is 5.92 Å². The number of halogens is 1. The summed E-state index contributed by atoms with van der Waals surface area (Å²) < 4.78 is 13.6. The van der Waals surface area contributed by atoms with Gasteiger partial charge in [-0.2, -0.15) is 0 Å². The summed E-state index contributed by atoms with van der Waals surface area (Å²) in [6, 6.07) is 5.83. The number of carboxylic acids is 1. The van der Waals surface area contributed by atoms with Crippen LogP contribution in [0.3, 0.4) is 0 Å². The molecule has 0 heterocycles. The molecule has 0 bridgehead atoms. The lowest BCUT2D eigenvalue weighted by molar-refractivity contribution is -0.141. The maximum absolute atomic E-state index is 13.6. The lowest BCUT2D eigenvalue weighted by Gasteiger charge is -2.24. The van der Waals surface area contributed by atoms with Crippen molar-refractivity contribution in [3.05, 3.63) is 35.6 Å². The van der Waals surface area contributed by atoms with E-state index in [4.69, 9.17) is 5.11 Å². The first kappa shape index (κ1) is 13.5. The van der Waals surface area contributed by atoms with Crippen molar-refractivity contribution < 1.29 is 19.1 Å². The highest BCUT2D eigenvalue weighted by Crippen LogP contribution is 2.29. The fourth-order valence-electron chi connectivity index (χ4n) is 1.95. The highest BCUT2D eigenvalue weighted by Gasteiger charge is 2.35. The molecule has 19 heavy (non-hydrogen) atoms. The fraction of sp³-hybridized carbons (Fsp3) is 0.429. The molecule has 2 rings (SSSR count). The second-order valence-electron chi connectivity index (χ2n) is 4.91. The fourth-order valence-corrected chi connectivity index (χ4v) is 1.95. The molecule has 1 atom stereocenters. The lowest BCUT2D eigenvalue weighted by atomic mass is 10.1. The number of rotatable bonds is 5. The Morgan fingerprint density at radius 3 is 2.58 bits per heavy atom. The molecule has 0 unspecified atom stereocenters. The molecule has 102 valence electrons. The summed E-state index contributed by atoms with van der Waals surface area (Å²) in [4.78, 5) is 24.7. The number of carbonyl (C=O) groups excluding carboxylic acids is 1. The third kappa shape index (κ3) is 3.10. The van der Waals surface area contributed by atoms with Gasteiger partial charge in [-0.05, 0) is 25.0 Å². The van der Waals surface area contributed by atoms with E-state index in [-0.39, 0.29) is 18.2 Å². The van der Waals surface area contributed by atoms with Crippen LogP contribution in [-0.2, 0) is 4.79 Å². The third-order valence-electron chi connectivity index (χ3n) is 3.24. The van der Waals surface area contributed by atoms with E-state index in [0.717, 1.165) is 12.8 Å². The van der Waals surface area contributed by atoms with Crippen LogP contribution in [-0.4, -0.2) is 34.5 Å². The number of carbonyl (C=O) groups is 2. The molecule has 1 fully saturated rings. The van der Waals surface area contributed by atoms with Crippen molar-refractivity contribution in [2.75, 3.05) is 6.54 Å². The van der Waals surface area contributed by atoms with Gasteiger partial charge in [0.15, 0.2) is 0 Å². The minimum absolute atomic E-state index is 0.00647. The normalized spacial score (nSPS) is 15.9. The van der Waals surface area contributed by atoms with E-state index >= 15 is 0 Å². The SMILES string of the molecule is C[C@H](CN(C(=O)c1ccccc1F)C1CC1)C(=O)O. The van der Waals surface area contributed by atoms with Crippen LogP contribution in [0.25, 0.3) is 0 Å². The van der Waals surface area contributed by atoms with E-state index in [0.29, 0.717) is 0 Å². The summed E-state index contributed by atoms with van der Waals surface area (Å²) in [5.41, 5.74) is 0.00647. The minimum Gasteiger partial charge on any atom is -0.481 e. The van der Waals surface area contributed by atoms with Crippen LogP contribution in [0.4, 0.5) is 4.39 Å². The number of hydrogen-bond acceptors (Lipinski definition) is 2. The molecule has 0 aromatic heterocycles. The van der Waals surface area contributed by atoms with Gasteiger partial charge in [0, 0.05) is 12.6 Å². The van der Waals surface area contributed by atoms with Gasteiger partial charge in [0.2, 0.25) is 0 Å². The average molecular weight is 265 g/mol. The molecule has 1 N–H and O–H groups in total. The molecule has 0 saturated heterocycles. The Labute approximate surface area is 110 Å². The zero-order chi connectivity index (χ0) is 14.0. The minimum atomic E-state index is -0.952. The Kier molecular flexibility index (Phi) is 3.83. The smallest absolute Gasteiger partial charge is 0.308 e. The molecule has 1 amide bonds. The Balaban J connectivity index is 2.18. The van der Waals surface area contributed by atoms with Gasteiger partial charge in [-0.25, -0.2) is 4.39 Å². The number of amides is 1. The van der Waals surface area contributed by atoms with Gasteiger partial charge in [-0.15, -0.1) is 0 Å². The molecular formula is C14H16FNO3. The molecule has 0 aliphatic heterocycles. The predicted octanol–water partition coefficient (Wildman–Crippen LogP) is 2.15. The van der Waals surface area contributed by atoms with Gasteiger partial charge in [0.1, 0.15) is 5.82 Å². The molecule has 5 heteroatoms. The largest absolute Gasteiger partial charge is 0.481 e. The molecule has 1 aliphatic carbocycles. The van der Waals surface area contributed by atoms with Crippen molar-refractivity contribution in [3.8, 4) is 0 Å². The van der Waals surface area contributed by atoms with Crippen LogP contribution in [0.1, 0.15) is 30.1 Å². The third-order valence-corrected chi connectivity index (χ3v) is 3.24. The van der Waals surface area contributed by atoms with E-state index in [2.05, 4.69) is 0 Å². The average Bonchev–Trinajstić information content (AvgIpc) is 3.19. The number of nitrogens with zero attached hydrogens (tertiary/aromatic N) is 1. The number of benzene rings is 1. The first-order valence-electron chi connectivity index (χ1n) is 6.29. The highest BCUT2D eigenvalue weighted by molar-refractivity contribution is 5.95. The van der Waals surface area contributed by atoms with Crippen molar-refractivity contribution in [2.45, 2.75) is 25.8 Å². The van der Waals surface area contributed by atoms with Crippen LogP contribution < -0.4 is 0 Å². The maximum atomic E-state index is 13.6. The topological polar surface area (TPSA) is 57.6 Å². The van der Waals surface area contributed by atoms with Crippen molar-refractivity contribution >= 4 is 11.9 Å². The number of aliphatic carboxylic acids is 1. The Morgan fingerprint density at radius 2 is 2.05 bits per heavy atom. The number of carboxylic acid groups (broad SMARTS) is 1. The van der Waals surface area contributed by atoms with Gasteiger partial charge in [-0.3, -0.25) is 9.59 Å². The number of hydrogen-bond donors (Lipinski definition) is 1. The highest BCUT2D eigenvalue weighted by atomic mass is 19.1. The summed E-state index contributed by atoms with van der Waals surface area (Å²) >= 11 is 0. The van der Waals surface area contributed by atoms with Gasteiger partial charge < -0.3 is 10.0 Å². The Morgan fingerprint density at radius 1 is 1.42 bits per heavy atom. The van der Waals surface area contributed by atoms with Gasteiger partial charge >= 0.3 is 5.97 Å². The van der Waals surface area contributed by atoms with E-state index < -0.39 is 23.6 Å². The lowest BCUT2D eigenvalue weighted by Crippen LogP contribution is -2.38. The second-order valence-corrected chi connectivity index (χ2v) is 4.91. The van der Waals surface area contributed by atoms with Gasteiger partial charge in [0.05, 0.1) is 11.5 Å². The summed E-state index contributed by atoms with van der Waals surface area (Å²) in [6.07, 6.45) is 1.71. The predicted molar refractivity (Wildman–Crippen MR) is 67.3 cm³/mol. The van der Waals surface area contributed by atoms with Crippen LogP contribution in [0.2, 0.25) is 0 Å². The van der Waals surface area contributed by atoms with E-state index in [1.807, 2.05) is 0 Å². The molecule has 4 nitrogen and oxygen atoms in total. The van der Waals surface area contributed by atoms with E-state index in [9.17, 15) is 14.0 Å². The summed E-state index contributed by atoms with van der Waals surface area (Å²) in [5, 5.41) is 8.93. The van der Waals surface area contributed by atoms with E-state index in [1.54, 1.807) is 13.0 Å². The van der Waals surface area contributed by atoms with Crippen molar-refractivity contribution in [3.63, 3.8) is 0 Å². The molecule has 1 aromatic rings. The zero-order valence-corrected chi connectivity index (χ0v) is 10.7. The van der Waals surface area contributed by atoms with Crippen LogP contribution in [0.15, 0.2) is 24.3 Å². The molecule has 0 spiro atoms. The van der Waals surface area contributed by atoms with Crippen LogP contribution in [0.5, 0.6) is 0 Å². The monoisotopic (exact) mass is 265 g/mol. The standard InChI is InChI=1S/C14H16FNO3/c1-9(14(18)19)8-16(10-6-7-10)13(17)11-4-2-3-5-12(11)15/h2-5,9-10H,6-8H2,1H3,(H,18,19)/t9-/m1/s1. The first-order valence-corrected chi connectivity index (χ1v) is 6.29. The Bertz CT molecular complexity index is 499. The second kappa shape index (κ2) is 5.38. The van der Waals surface area contributed by atoms with Gasteiger partial charge in [0.25, 0.3) is 5.91 Å². The van der Waals surface area contributed by atoms with Crippen LogP contribution in [0, 0.1) is 11.7 Å².